The number of fused-ring (bicyclic) bond motifs is 1. The Kier molecular flexibility index (Phi) is 2.75. The first-order chi connectivity index (χ1) is 7.43. The summed E-state index contributed by atoms with van der Waals surface area (Å²) in [6.07, 6.45) is 1.53. The van der Waals surface area contributed by atoms with E-state index in [4.69, 9.17) is 0 Å². The van der Waals surface area contributed by atoms with Gasteiger partial charge in [0.1, 0.15) is 5.78 Å². The zero-order valence-electron chi connectivity index (χ0n) is 8.53. The molecular formula is C11H9BrO3S. The molecule has 0 aliphatic carbocycles. The fraction of sp³-hybridized carbons (Fsp3) is 0.182. The normalized spacial score (nSPS) is 16.8. The predicted octanol–water partition coefficient (Wildman–Crippen LogP) is 2.56. The maximum absolute atomic E-state index is 12.1. The van der Waals surface area contributed by atoms with Crippen LogP contribution in [0.5, 0.6) is 0 Å². The maximum atomic E-state index is 12.1. The molecule has 16 heavy (non-hydrogen) atoms. The summed E-state index contributed by atoms with van der Waals surface area (Å²) in [5, 5.41) is 0. The third-order valence-electron chi connectivity index (χ3n) is 2.35. The topological polar surface area (TPSA) is 51.2 Å². The third kappa shape index (κ3) is 1.74. The van der Waals surface area contributed by atoms with Gasteiger partial charge < -0.3 is 0 Å². The SMILES string of the molecule is CC(=O)CC1=Cc2cccc(Br)c2S1(=O)=O. The van der Waals surface area contributed by atoms with Crippen molar-refractivity contribution in [2.75, 3.05) is 0 Å². The minimum absolute atomic E-state index is 0.0382. The van der Waals surface area contributed by atoms with E-state index in [1.165, 1.54) is 6.92 Å². The number of carbonyl (C=O) groups excluding carboxylic acids is 1. The Hall–Kier alpha value is -0.940. The van der Waals surface area contributed by atoms with E-state index >= 15 is 0 Å². The van der Waals surface area contributed by atoms with Crippen LogP contribution in [0.25, 0.3) is 6.08 Å². The molecule has 0 radical (unpaired) electrons. The summed E-state index contributed by atoms with van der Waals surface area (Å²) in [5.74, 6) is -0.154. The standard InChI is InChI=1S/C11H9BrO3S/c1-7(13)5-9-6-8-3-2-4-10(12)11(8)16(9,14)15/h2-4,6H,5H2,1H3. The van der Waals surface area contributed by atoms with Crippen molar-refractivity contribution in [3.63, 3.8) is 0 Å². The molecule has 0 saturated carbocycles. The van der Waals surface area contributed by atoms with Gasteiger partial charge in [-0.3, -0.25) is 4.79 Å². The molecule has 0 bridgehead atoms. The van der Waals surface area contributed by atoms with Crippen molar-refractivity contribution in [3.05, 3.63) is 33.1 Å². The van der Waals surface area contributed by atoms with Crippen LogP contribution >= 0.6 is 15.9 Å². The Balaban J connectivity index is 2.61. The number of allylic oxidation sites excluding steroid dienone is 1. The molecular weight excluding hydrogens is 292 g/mol. The molecule has 0 atom stereocenters. The second-order valence-corrected chi connectivity index (χ2v) is 6.44. The molecule has 5 heteroatoms. The van der Waals surface area contributed by atoms with Crippen LogP contribution in [-0.2, 0) is 14.6 Å². The van der Waals surface area contributed by atoms with Gasteiger partial charge in [-0.25, -0.2) is 8.42 Å². The van der Waals surface area contributed by atoms with Crippen molar-refractivity contribution in [1.29, 1.82) is 0 Å². The largest absolute Gasteiger partial charge is 0.300 e. The van der Waals surface area contributed by atoms with Gasteiger partial charge in [-0.15, -0.1) is 0 Å². The maximum Gasteiger partial charge on any atom is 0.204 e. The molecule has 1 aliphatic heterocycles. The number of sulfone groups is 1. The lowest BCUT2D eigenvalue weighted by molar-refractivity contribution is -0.116. The number of halogens is 1. The van der Waals surface area contributed by atoms with Crippen molar-refractivity contribution < 1.29 is 13.2 Å². The van der Waals surface area contributed by atoms with Crippen molar-refractivity contribution in [2.24, 2.45) is 0 Å². The van der Waals surface area contributed by atoms with Gasteiger partial charge in [0.05, 0.1) is 9.80 Å². The molecule has 1 aliphatic rings. The first kappa shape index (κ1) is 11.5. The van der Waals surface area contributed by atoms with Crippen molar-refractivity contribution in [3.8, 4) is 0 Å². The number of benzene rings is 1. The molecule has 84 valence electrons. The molecule has 0 unspecified atom stereocenters. The number of rotatable bonds is 2. The average Bonchev–Trinajstić information content (AvgIpc) is 2.38. The lowest BCUT2D eigenvalue weighted by Crippen LogP contribution is -2.04. The summed E-state index contributed by atoms with van der Waals surface area (Å²) in [6, 6.07) is 5.18. The fourth-order valence-electron chi connectivity index (χ4n) is 1.70. The summed E-state index contributed by atoms with van der Waals surface area (Å²) in [6.45, 7) is 1.38. The molecule has 0 saturated heterocycles. The van der Waals surface area contributed by atoms with E-state index in [1.54, 1.807) is 24.3 Å². The van der Waals surface area contributed by atoms with Crippen LogP contribution in [0.2, 0.25) is 0 Å². The Morgan fingerprint density at radius 2 is 2.06 bits per heavy atom. The third-order valence-corrected chi connectivity index (χ3v) is 5.22. The number of hydrogen-bond acceptors (Lipinski definition) is 3. The first-order valence-electron chi connectivity index (χ1n) is 4.66. The molecule has 3 nitrogen and oxygen atoms in total. The fourth-order valence-corrected chi connectivity index (χ4v) is 4.42. The molecule has 0 N–H and O–H groups in total. The summed E-state index contributed by atoms with van der Waals surface area (Å²) < 4.78 is 24.7. The number of carbonyl (C=O) groups is 1. The van der Waals surface area contributed by atoms with Gasteiger partial charge in [0.2, 0.25) is 9.84 Å². The summed E-state index contributed by atoms with van der Waals surface area (Å²) in [7, 11) is -3.48. The molecule has 0 aromatic heterocycles. The molecule has 1 aromatic carbocycles. The van der Waals surface area contributed by atoms with Gasteiger partial charge in [-0.2, -0.15) is 0 Å². The van der Waals surface area contributed by atoms with Gasteiger partial charge in [0.25, 0.3) is 0 Å². The molecule has 2 rings (SSSR count). The molecule has 1 heterocycles. The second-order valence-electron chi connectivity index (χ2n) is 3.65. The number of hydrogen-bond donors (Lipinski definition) is 0. The van der Waals surface area contributed by atoms with Gasteiger partial charge in [0.15, 0.2) is 0 Å². The monoisotopic (exact) mass is 300 g/mol. The number of ketones is 1. The molecule has 1 aromatic rings. The summed E-state index contributed by atoms with van der Waals surface area (Å²) in [4.78, 5) is 11.5. The van der Waals surface area contributed by atoms with E-state index in [-0.39, 0.29) is 22.0 Å². The van der Waals surface area contributed by atoms with E-state index < -0.39 is 9.84 Å². The predicted molar refractivity (Wildman–Crippen MR) is 64.6 cm³/mol. The minimum atomic E-state index is -3.48. The lowest BCUT2D eigenvalue weighted by Gasteiger charge is -2.03. The van der Waals surface area contributed by atoms with E-state index in [0.29, 0.717) is 10.0 Å². The Morgan fingerprint density at radius 3 is 2.62 bits per heavy atom. The van der Waals surface area contributed by atoms with Crippen LogP contribution in [0.15, 0.2) is 32.5 Å². The van der Waals surface area contributed by atoms with Gasteiger partial charge >= 0.3 is 0 Å². The van der Waals surface area contributed by atoms with E-state index in [2.05, 4.69) is 15.9 Å². The van der Waals surface area contributed by atoms with Crippen LogP contribution < -0.4 is 0 Å². The van der Waals surface area contributed by atoms with E-state index in [9.17, 15) is 13.2 Å². The summed E-state index contributed by atoms with van der Waals surface area (Å²) >= 11 is 3.22. The zero-order chi connectivity index (χ0) is 11.9. The average molecular weight is 301 g/mol. The highest BCUT2D eigenvalue weighted by Gasteiger charge is 2.31. The second kappa shape index (κ2) is 3.82. The quantitative estimate of drug-likeness (QED) is 0.843. The Morgan fingerprint density at radius 1 is 1.38 bits per heavy atom. The lowest BCUT2D eigenvalue weighted by atomic mass is 10.2. The van der Waals surface area contributed by atoms with Crippen molar-refractivity contribution in [2.45, 2.75) is 18.2 Å². The van der Waals surface area contributed by atoms with Crippen LogP contribution in [0.1, 0.15) is 18.9 Å². The first-order valence-corrected chi connectivity index (χ1v) is 6.94. The molecule has 0 spiro atoms. The van der Waals surface area contributed by atoms with Gasteiger partial charge in [0, 0.05) is 10.9 Å². The van der Waals surface area contributed by atoms with Crippen molar-refractivity contribution in [1.82, 2.24) is 0 Å². The number of Topliss-reactive ketones (excluding diaryl/α,β-unsaturated/α-hetero) is 1. The summed E-state index contributed by atoms with van der Waals surface area (Å²) in [5.41, 5.74) is 0.644. The molecule has 0 fully saturated rings. The van der Waals surface area contributed by atoms with Crippen LogP contribution in [0.3, 0.4) is 0 Å². The van der Waals surface area contributed by atoms with E-state index in [1.807, 2.05) is 0 Å². The van der Waals surface area contributed by atoms with Crippen molar-refractivity contribution >= 4 is 37.6 Å². The highest BCUT2D eigenvalue weighted by Crippen LogP contribution is 2.38. The van der Waals surface area contributed by atoms with Gasteiger partial charge in [-0.05, 0) is 40.6 Å². The Bertz CT molecular complexity index is 600. The van der Waals surface area contributed by atoms with Crippen LogP contribution in [-0.4, -0.2) is 14.2 Å². The van der Waals surface area contributed by atoms with E-state index in [0.717, 1.165) is 0 Å². The zero-order valence-corrected chi connectivity index (χ0v) is 10.9. The molecule has 0 amide bonds. The smallest absolute Gasteiger partial charge is 0.204 e. The Labute approximate surface area is 102 Å². The highest BCUT2D eigenvalue weighted by molar-refractivity contribution is 9.10. The van der Waals surface area contributed by atoms with Crippen LogP contribution in [0.4, 0.5) is 0 Å². The van der Waals surface area contributed by atoms with Gasteiger partial charge in [-0.1, -0.05) is 12.1 Å². The highest BCUT2D eigenvalue weighted by atomic mass is 79.9. The van der Waals surface area contributed by atoms with Crippen LogP contribution in [0, 0.1) is 0 Å². The minimum Gasteiger partial charge on any atom is -0.300 e.